The first-order valence-electron chi connectivity index (χ1n) is 4.08. The molecule has 0 radical (unpaired) electrons. The number of hydrogen-bond donors (Lipinski definition) is 0. The molecule has 0 heterocycles. The molecule has 0 spiro atoms. The largest absolute Gasteiger partial charge is 0.145 e. The molecule has 0 aromatic rings. The smallest absolute Gasteiger partial charge is 0.0820 e. The van der Waals surface area contributed by atoms with Gasteiger partial charge in [-0.25, -0.2) is 0 Å². The van der Waals surface area contributed by atoms with Gasteiger partial charge in [0, 0.05) is 0 Å². The Labute approximate surface area is 73.6 Å². The van der Waals surface area contributed by atoms with Crippen molar-refractivity contribution in [3.63, 3.8) is 0 Å². The fourth-order valence-electron chi connectivity index (χ4n) is 0.783. The van der Waals surface area contributed by atoms with Crippen molar-refractivity contribution in [3.8, 4) is 0 Å². The predicted molar refractivity (Wildman–Crippen MR) is 52.7 cm³/mol. The Balaban J connectivity index is 4.46. The Hall–Kier alpha value is -1.18. The van der Waals surface area contributed by atoms with Gasteiger partial charge in [-0.3, -0.25) is 0 Å². The van der Waals surface area contributed by atoms with Crippen molar-refractivity contribution in [2.45, 2.75) is 27.2 Å². The minimum Gasteiger partial charge on any atom is -0.145 e. The van der Waals surface area contributed by atoms with Crippen LogP contribution in [0.3, 0.4) is 0 Å². The van der Waals surface area contributed by atoms with Crippen molar-refractivity contribution in [2.24, 2.45) is 5.18 Å². The van der Waals surface area contributed by atoms with Gasteiger partial charge in [0.25, 0.3) is 0 Å². The Morgan fingerprint density at radius 2 is 2.17 bits per heavy atom. The molecule has 0 bridgehead atoms. The second kappa shape index (κ2) is 6.53. The van der Waals surface area contributed by atoms with Crippen LogP contribution in [0, 0.1) is 4.91 Å². The Kier molecular flexibility index (Phi) is 5.88. The summed E-state index contributed by atoms with van der Waals surface area (Å²) in [4.78, 5) is 10.1. The quantitative estimate of drug-likeness (QED) is 0.462. The molecule has 0 rings (SSSR count). The van der Waals surface area contributed by atoms with Gasteiger partial charge in [-0.15, -0.1) is 4.91 Å². The molecule has 0 aromatic carbocycles. The lowest BCUT2D eigenvalue weighted by Gasteiger charge is -1.94. The second-order valence-corrected chi connectivity index (χ2v) is 2.50. The molecule has 0 aromatic heterocycles. The number of hydrogen-bond acceptors (Lipinski definition) is 2. The lowest BCUT2D eigenvalue weighted by molar-refractivity contribution is 1.13. The fraction of sp³-hybridized carbons (Fsp3) is 0.400. The molecule has 0 fully saturated rings. The summed E-state index contributed by atoms with van der Waals surface area (Å²) in [6.07, 6.45) is 8.60. The average molecular weight is 165 g/mol. The van der Waals surface area contributed by atoms with Crippen molar-refractivity contribution in [2.75, 3.05) is 0 Å². The number of allylic oxidation sites excluding steroid dienone is 6. The standard InChI is InChI=1S/C10H15NO/c1-4-6-7-10(5-2)8-9(3)11-12/h4,6-8H,5H2,1-3H3/b6-4-,9-8+,10-7-. The molecule has 0 saturated carbocycles. The molecule has 66 valence electrons. The molecule has 12 heavy (non-hydrogen) atoms. The van der Waals surface area contributed by atoms with Crippen LogP contribution in [0.25, 0.3) is 0 Å². The molecule has 0 aliphatic heterocycles. The van der Waals surface area contributed by atoms with Crippen molar-refractivity contribution in [1.82, 2.24) is 0 Å². The lowest BCUT2D eigenvalue weighted by atomic mass is 10.1. The van der Waals surface area contributed by atoms with Gasteiger partial charge < -0.3 is 0 Å². The van der Waals surface area contributed by atoms with E-state index in [0.29, 0.717) is 5.70 Å². The summed E-state index contributed by atoms with van der Waals surface area (Å²) >= 11 is 0. The zero-order chi connectivity index (χ0) is 9.40. The van der Waals surface area contributed by atoms with Crippen LogP contribution in [-0.4, -0.2) is 0 Å². The summed E-state index contributed by atoms with van der Waals surface area (Å²) in [5, 5.41) is 2.83. The number of nitroso groups, excluding NO2 is 1. The second-order valence-electron chi connectivity index (χ2n) is 2.50. The van der Waals surface area contributed by atoms with Gasteiger partial charge in [-0.2, -0.15) is 0 Å². The van der Waals surface area contributed by atoms with Crippen molar-refractivity contribution in [1.29, 1.82) is 0 Å². The highest BCUT2D eigenvalue weighted by atomic mass is 16.3. The maximum absolute atomic E-state index is 10.1. The van der Waals surface area contributed by atoms with Crippen LogP contribution >= 0.6 is 0 Å². The van der Waals surface area contributed by atoms with E-state index in [4.69, 9.17) is 0 Å². The SMILES string of the molecule is C\C=C/C=C(\C=C(/C)N=O)CC. The topological polar surface area (TPSA) is 29.4 Å². The van der Waals surface area contributed by atoms with E-state index in [-0.39, 0.29) is 0 Å². The Bertz CT molecular complexity index is 224. The van der Waals surface area contributed by atoms with E-state index < -0.39 is 0 Å². The first kappa shape index (κ1) is 10.8. The van der Waals surface area contributed by atoms with Crippen LogP contribution in [-0.2, 0) is 0 Å². The van der Waals surface area contributed by atoms with E-state index in [9.17, 15) is 4.91 Å². The maximum Gasteiger partial charge on any atom is 0.0820 e. The zero-order valence-corrected chi connectivity index (χ0v) is 7.87. The zero-order valence-electron chi connectivity index (χ0n) is 7.87. The van der Waals surface area contributed by atoms with Crippen molar-refractivity contribution in [3.05, 3.63) is 40.5 Å². The highest BCUT2D eigenvalue weighted by Gasteiger charge is 1.89. The third-order valence-electron chi connectivity index (χ3n) is 1.45. The van der Waals surface area contributed by atoms with Crippen LogP contribution in [0.4, 0.5) is 0 Å². The van der Waals surface area contributed by atoms with Crippen LogP contribution in [0.15, 0.2) is 40.8 Å². The van der Waals surface area contributed by atoms with E-state index >= 15 is 0 Å². The highest BCUT2D eigenvalue weighted by Crippen LogP contribution is 2.07. The van der Waals surface area contributed by atoms with E-state index in [0.717, 1.165) is 12.0 Å². The lowest BCUT2D eigenvalue weighted by Crippen LogP contribution is -1.75. The van der Waals surface area contributed by atoms with Crippen molar-refractivity contribution < 1.29 is 0 Å². The van der Waals surface area contributed by atoms with Gasteiger partial charge in [0.2, 0.25) is 0 Å². The molecule has 0 aliphatic rings. The molecule has 0 atom stereocenters. The average Bonchev–Trinajstić information content (AvgIpc) is 2.11. The van der Waals surface area contributed by atoms with Crippen LogP contribution in [0.1, 0.15) is 27.2 Å². The Morgan fingerprint density at radius 1 is 1.50 bits per heavy atom. The van der Waals surface area contributed by atoms with E-state index in [1.54, 1.807) is 13.0 Å². The maximum atomic E-state index is 10.1. The van der Waals surface area contributed by atoms with Gasteiger partial charge in [-0.1, -0.05) is 25.2 Å². The van der Waals surface area contributed by atoms with Gasteiger partial charge in [-0.05, 0) is 37.1 Å². The minimum atomic E-state index is 0.521. The van der Waals surface area contributed by atoms with E-state index in [2.05, 4.69) is 5.18 Å². The molecular formula is C10H15NO. The first-order valence-corrected chi connectivity index (χ1v) is 4.08. The fourth-order valence-corrected chi connectivity index (χ4v) is 0.783. The molecule has 0 amide bonds. The molecule has 0 saturated heterocycles. The van der Waals surface area contributed by atoms with E-state index in [1.165, 1.54) is 0 Å². The molecule has 0 N–H and O–H groups in total. The van der Waals surface area contributed by atoms with Crippen LogP contribution in [0.2, 0.25) is 0 Å². The number of rotatable bonds is 4. The molecule has 0 aliphatic carbocycles. The normalized spacial score (nSPS) is 13.9. The summed E-state index contributed by atoms with van der Waals surface area (Å²) in [5.41, 5.74) is 1.64. The number of nitrogens with zero attached hydrogens (tertiary/aromatic N) is 1. The summed E-state index contributed by atoms with van der Waals surface area (Å²) < 4.78 is 0. The summed E-state index contributed by atoms with van der Waals surface area (Å²) in [6, 6.07) is 0. The van der Waals surface area contributed by atoms with E-state index in [1.807, 2.05) is 32.1 Å². The monoisotopic (exact) mass is 165 g/mol. The van der Waals surface area contributed by atoms with Gasteiger partial charge in [0.15, 0.2) is 0 Å². The molecule has 2 nitrogen and oxygen atoms in total. The van der Waals surface area contributed by atoms with Crippen molar-refractivity contribution >= 4 is 0 Å². The van der Waals surface area contributed by atoms with Gasteiger partial charge in [0.05, 0.1) is 5.70 Å². The third-order valence-corrected chi connectivity index (χ3v) is 1.45. The summed E-state index contributed by atoms with van der Waals surface area (Å²) in [7, 11) is 0. The predicted octanol–water partition coefficient (Wildman–Crippen LogP) is 3.57. The summed E-state index contributed by atoms with van der Waals surface area (Å²) in [5.74, 6) is 0. The highest BCUT2D eigenvalue weighted by molar-refractivity contribution is 5.25. The Morgan fingerprint density at radius 3 is 2.58 bits per heavy atom. The molecule has 2 heteroatoms. The molecular weight excluding hydrogens is 150 g/mol. The molecule has 0 unspecified atom stereocenters. The minimum absolute atomic E-state index is 0.521. The van der Waals surface area contributed by atoms with Gasteiger partial charge in [0.1, 0.15) is 0 Å². The third kappa shape index (κ3) is 4.61. The summed E-state index contributed by atoms with van der Waals surface area (Å²) in [6.45, 7) is 5.70. The van der Waals surface area contributed by atoms with Gasteiger partial charge >= 0.3 is 0 Å². The first-order chi connectivity index (χ1) is 5.74. The van der Waals surface area contributed by atoms with Crippen LogP contribution < -0.4 is 0 Å². The van der Waals surface area contributed by atoms with Crippen LogP contribution in [0.5, 0.6) is 0 Å².